The number of benzene rings is 2. The van der Waals surface area contributed by atoms with Crippen LogP contribution in [0.25, 0.3) is 0 Å². The second-order valence-corrected chi connectivity index (χ2v) is 8.73. The number of aryl methyl sites for hydroxylation is 1. The molecule has 2 aromatic heterocycles. The molecule has 0 N–H and O–H groups in total. The Morgan fingerprint density at radius 2 is 2.03 bits per heavy atom. The van der Waals surface area contributed by atoms with E-state index in [9.17, 15) is 4.79 Å². The third-order valence-corrected chi connectivity index (χ3v) is 6.07. The van der Waals surface area contributed by atoms with Gasteiger partial charge in [0.05, 0.1) is 18.2 Å². The Labute approximate surface area is 199 Å². The van der Waals surface area contributed by atoms with Crippen molar-refractivity contribution in [2.45, 2.75) is 32.2 Å². The molecule has 5 rings (SSSR count). The highest BCUT2D eigenvalue weighted by atomic mass is 16.5. The summed E-state index contributed by atoms with van der Waals surface area (Å²) >= 11 is 0. The Bertz CT molecular complexity index is 1270. The van der Waals surface area contributed by atoms with Crippen molar-refractivity contribution >= 4 is 5.91 Å². The molecule has 34 heavy (non-hydrogen) atoms. The standard InChI is InChI=1S/C27H27N5O2/c1-20-5-2-9-24(13-20)34-26-16-29-15-25(30-26)23-8-4-11-32(18-23)27(33)22-7-3-6-21(14-22)17-31-12-10-28-19-31/h2-3,5-7,9-10,12-16,19,23H,4,8,11,17-18H2,1H3/t23-/m1/s1. The zero-order valence-corrected chi connectivity index (χ0v) is 19.2. The van der Waals surface area contributed by atoms with Gasteiger partial charge in [0.2, 0.25) is 5.88 Å². The number of carbonyl (C=O) groups excluding carboxylic acids is 1. The van der Waals surface area contributed by atoms with Crippen LogP contribution in [0.15, 0.2) is 79.6 Å². The Morgan fingerprint density at radius 3 is 2.88 bits per heavy atom. The highest BCUT2D eigenvalue weighted by Crippen LogP contribution is 2.28. The summed E-state index contributed by atoms with van der Waals surface area (Å²) in [7, 11) is 0. The minimum absolute atomic E-state index is 0.0531. The number of likely N-dealkylation sites (tertiary alicyclic amines) is 1. The van der Waals surface area contributed by atoms with Gasteiger partial charge in [0.1, 0.15) is 5.75 Å². The molecule has 172 valence electrons. The van der Waals surface area contributed by atoms with Crippen molar-refractivity contribution in [2.24, 2.45) is 0 Å². The molecule has 1 aliphatic heterocycles. The number of ether oxygens (including phenoxy) is 1. The van der Waals surface area contributed by atoms with Crippen molar-refractivity contribution < 1.29 is 9.53 Å². The smallest absolute Gasteiger partial charge is 0.253 e. The van der Waals surface area contributed by atoms with Crippen LogP contribution in [0.4, 0.5) is 0 Å². The van der Waals surface area contributed by atoms with Crippen LogP contribution in [0.3, 0.4) is 0 Å². The van der Waals surface area contributed by atoms with Crippen LogP contribution in [0.2, 0.25) is 0 Å². The highest BCUT2D eigenvalue weighted by Gasteiger charge is 2.27. The minimum Gasteiger partial charge on any atom is -0.437 e. The average Bonchev–Trinajstić information content (AvgIpc) is 3.37. The average molecular weight is 454 g/mol. The van der Waals surface area contributed by atoms with Crippen LogP contribution in [0, 0.1) is 6.92 Å². The molecule has 2 aromatic carbocycles. The van der Waals surface area contributed by atoms with Crippen LogP contribution in [0.1, 0.15) is 45.9 Å². The number of rotatable bonds is 6. The predicted octanol–water partition coefficient (Wildman–Crippen LogP) is 4.84. The second-order valence-electron chi connectivity index (χ2n) is 8.73. The first-order valence-electron chi connectivity index (χ1n) is 11.5. The van der Waals surface area contributed by atoms with Crippen molar-refractivity contribution in [1.29, 1.82) is 0 Å². The summed E-state index contributed by atoms with van der Waals surface area (Å²) in [6.45, 7) is 4.07. The molecule has 7 nitrogen and oxygen atoms in total. The first kappa shape index (κ1) is 21.8. The van der Waals surface area contributed by atoms with Gasteiger partial charge in [0, 0.05) is 49.7 Å². The third kappa shape index (κ3) is 5.14. The predicted molar refractivity (Wildman–Crippen MR) is 129 cm³/mol. The molecule has 0 aliphatic carbocycles. The van der Waals surface area contributed by atoms with Gasteiger partial charge in [0.25, 0.3) is 5.91 Å². The third-order valence-electron chi connectivity index (χ3n) is 6.07. The lowest BCUT2D eigenvalue weighted by atomic mass is 9.94. The lowest BCUT2D eigenvalue weighted by molar-refractivity contribution is 0.0705. The fourth-order valence-corrected chi connectivity index (χ4v) is 4.39. The maximum Gasteiger partial charge on any atom is 0.253 e. The Morgan fingerprint density at radius 1 is 1.12 bits per heavy atom. The van der Waals surface area contributed by atoms with Crippen molar-refractivity contribution in [1.82, 2.24) is 24.4 Å². The van der Waals surface area contributed by atoms with Gasteiger partial charge in [-0.3, -0.25) is 9.78 Å². The summed E-state index contributed by atoms with van der Waals surface area (Å²) in [6, 6.07) is 15.7. The molecule has 0 radical (unpaired) electrons. The van der Waals surface area contributed by atoms with Crippen LogP contribution in [-0.2, 0) is 6.54 Å². The van der Waals surface area contributed by atoms with Crippen LogP contribution < -0.4 is 4.74 Å². The van der Waals surface area contributed by atoms with E-state index in [1.165, 1.54) is 0 Å². The lowest BCUT2D eigenvalue weighted by Crippen LogP contribution is -2.39. The molecule has 0 spiro atoms. The number of carbonyl (C=O) groups is 1. The van der Waals surface area contributed by atoms with Crippen molar-refractivity contribution in [3.05, 3.63) is 102 Å². The van der Waals surface area contributed by atoms with Crippen molar-refractivity contribution in [3.8, 4) is 11.6 Å². The van der Waals surface area contributed by atoms with E-state index in [1.54, 1.807) is 24.9 Å². The normalized spacial score (nSPS) is 15.8. The molecular formula is C27H27N5O2. The van der Waals surface area contributed by atoms with Gasteiger partial charge in [-0.2, -0.15) is 0 Å². The second kappa shape index (κ2) is 9.87. The molecule has 1 aliphatic rings. The summed E-state index contributed by atoms with van der Waals surface area (Å²) in [6.07, 6.45) is 10.8. The number of hydrogen-bond acceptors (Lipinski definition) is 5. The van der Waals surface area contributed by atoms with Crippen LogP contribution in [0.5, 0.6) is 11.6 Å². The zero-order valence-electron chi connectivity index (χ0n) is 19.2. The van der Waals surface area contributed by atoms with Gasteiger partial charge in [-0.1, -0.05) is 24.3 Å². The first-order valence-corrected chi connectivity index (χ1v) is 11.5. The minimum atomic E-state index is 0.0531. The molecule has 1 fully saturated rings. The highest BCUT2D eigenvalue weighted by molar-refractivity contribution is 5.94. The molecule has 0 bridgehead atoms. The summed E-state index contributed by atoms with van der Waals surface area (Å²) in [5.74, 6) is 1.39. The molecular weight excluding hydrogens is 426 g/mol. The van der Waals surface area contributed by atoms with E-state index in [4.69, 9.17) is 9.72 Å². The van der Waals surface area contributed by atoms with E-state index in [1.807, 2.05) is 71.1 Å². The number of nitrogens with zero attached hydrogens (tertiary/aromatic N) is 5. The van der Waals surface area contributed by atoms with Gasteiger partial charge in [-0.05, 0) is 55.2 Å². The van der Waals surface area contributed by atoms with Gasteiger partial charge < -0.3 is 14.2 Å². The van der Waals surface area contributed by atoms with E-state index in [-0.39, 0.29) is 11.8 Å². The molecule has 0 saturated carbocycles. The molecule has 1 atom stereocenters. The molecule has 3 heterocycles. The fraction of sp³-hybridized carbons (Fsp3) is 0.259. The van der Waals surface area contributed by atoms with Crippen LogP contribution >= 0.6 is 0 Å². The van der Waals surface area contributed by atoms with Gasteiger partial charge in [-0.25, -0.2) is 9.97 Å². The maximum atomic E-state index is 13.3. The van der Waals surface area contributed by atoms with Crippen molar-refractivity contribution in [3.63, 3.8) is 0 Å². The topological polar surface area (TPSA) is 73.1 Å². The lowest BCUT2D eigenvalue weighted by Gasteiger charge is -2.32. The number of hydrogen-bond donors (Lipinski definition) is 0. The molecule has 0 unspecified atom stereocenters. The Hall–Kier alpha value is -4.00. The van der Waals surface area contributed by atoms with E-state index < -0.39 is 0 Å². The fourth-order valence-electron chi connectivity index (χ4n) is 4.39. The Kier molecular flexibility index (Phi) is 6.33. The maximum absolute atomic E-state index is 13.3. The summed E-state index contributed by atoms with van der Waals surface area (Å²) in [4.78, 5) is 28.4. The molecule has 4 aromatic rings. The van der Waals surface area contributed by atoms with Gasteiger partial charge >= 0.3 is 0 Å². The quantitative estimate of drug-likeness (QED) is 0.418. The van der Waals surface area contributed by atoms with E-state index in [0.29, 0.717) is 24.5 Å². The largest absolute Gasteiger partial charge is 0.437 e. The van der Waals surface area contributed by atoms with Gasteiger partial charge in [0.15, 0.2) is 0 Å². The summed E-state index contributed by atoms with van der Waals surface area (Å²) < 4.78 is 7.92. The first-order chi connectivity index (χ1) is 16.6. The number of amides is 1. The van der Waals surface area contributed by atoms with Crippen LogP contribution in [-0.4, -0.2) is 43.4 Å². The molecule has 1 saturated heterocycles. The monoisotopic (exact) mass is 453 g/mol. The number of piperidine rings is 1. The molecule has 1 amide bonds. The van der Waals surface area contributed by atoms with E-state index >= 15 is 0 Å². The van der Waals surface area contributed by atoms with Crippen molar-refractivity contribution in [2.75, 3.05) is 13.1 Å². The zero-order chi connectivity index (χ0) is 23.3. The summed E-state index contributed by atoms with van der Waals surface area (Å²) in [5, 5.41) is 0. The Balaban J connectivity index is 1.28. The van der Waals surface area contributed by atoms with E-state index in [2.05, 4.69) is 9.97 Å². The number of imidazole rings is 1. The van der Waals surface area contributed by atoms with Gasteiger partial charge in [-0.15, -0.1) is 0 Å². The number of aromatic nitrogens is 4. The summed E-state index contributed by atoms with van der Waals surface area (Å²) in [5.41, 5.74) is 3.76. The van der Waals surface area contributed by atoms with E-state index in [0.717, 1.165) is 42.0 Å². The molecule has 7 heteroatoms. The SMILES string of the molecule is Cc1cccc(Oc2cncc([C@@H]3CCCN(C(=O)c4cccc(Cn5ccnc5)c4)C3)n2)c1.